The number of aromatic amines is 1. The highest BCUT2D eigenvalue weighted by molar-refractivity contribution is 7.99. The summed E-state index contributed by atoms with van der Waals surface area (Å²) in [5.41, 5.74) is 0.527. The Morgan fingerprint density at radius 2 is 1.87 bits per heavy atom. The normalized spacial score (nSPS) is 10.7. The van der Waals surface area contributed by atoms with E-state index in [0.717, 1.165) is 26.2 Å². The average molecular weight is 346 g/mol. The van der Waals surface area contributed by atoms with E-state index in [9.17, 15) is 9.59 Å². The van der Waals surface area contributed by atoms with Gasteiger partial charge in [0, 0.05) is 14.8 Å². The van der Waals surface area contributed by atoms with E-state index in [1.54, 1.807) is 17.8 Å². The van der Waals surface area contributed by atoms with Crippen LogP contribution in [0.15, 0.2) is 68.0 Å². The third kappa shape index (κ3) is 3.55. The van der Waals surface area contributed by atoms with E-state index in [-0.39, 0.29) is 0 Å². The van der Waals surface area contributed by atoms with Gasteiger partial charge in [-0.15, -0.1) is 0 Å². The second kappa shape index (κ2) is 6.44. The van der Waals surface area contributed by atoms with Gasteiger partial charge in [0.1, 0.15) is 6.20 Å². The molecule has 1 aromatic heterocycles. The first-order valence-electron chi connectivity index (χ1n) is 6.76. The molecule has 0 fully saturated rings. The van der Waals surface area contributed by atoms with E-state index in [0.29, 0.717) is 10.7 Å². The van der Waals surface area contributed by atoms with E-state index in [1.165, 1.54) is 0 Å². The van der Waals surface area contributed by atoms with Crippen LogP contribution in [0.3, 0.4) is 0 Å². The minimum absolute atomic E-state index is 0.516. The highest BCUT2D eigenvalue weighted by atomic mass is 35.5. The predicted molar refractivity (Wildman–Crippen MR) is 90.8 cm³/mol. The Hall–Kier alpha value is -2.31. The molecule has 0 aliphatic heterocycles. The number of halogens is 1. The van der Waals surface area contributed by atoms with E-state index in [4.69, 9.17) is 11.6 Å². The number of aromatic nitrogens is 3. The minimum Gasteiger partial charge on any atom is -0.271 e. The van der Waals surface area contributed by atoms with Crippen LogP contribution in [0.4, 0.5) is 0 Å². The van der Waals surface area contributed by atoms with Crippen molar-refractivity contribution in [1.29, 1.82) is 0 Å². The highest BCUT2D eigenvalue weighted by Gasteiger charge is 2.06. The van der Waals surface area contributed by atoms with Gasteiger partial charge in [-0.05, 0) is 55.0 Å². The average Bonchev–Trinajstić information content (AvgIpc) is 2.51. The maximum Gasteiger partial charge on any atom is 0.349 e. The van der Waals surface area contributed by atoms with Crippen LogP contribution in [0.25, 0.3) is 5.69 Å². The largest absolute Gasteiger partial charge is 0.349 e. The van der Waals surface area contributed by atoms with Crippen LogP contribution in [0.5, 0.6) is 0 Å². The summed E-state index contributed by atoms with van der Waals surface area (Å²) in [6.07, 6.45) is 1.08. The molecular formula is C16H12ClN3O2S. The molecule has 0 unspecified atom stereocenters. The summed E-state index contributed by atoms with van der Waals surface area (Å²) in [5, 5.41) is 4.55. The third-order valence-electron chi connectivity index (χ3n) is 3.16. The number of aryl methyl sites for hydroxylation is 1. The van der Waals surface area contributed by atoms with Gasteiger partial charge in [0.2, 0.25) is 0 Å². The van der Waals surface area contributed by atoms with E-state index in [1.807, 2.05) is 43.3 Å². The quantitative estimate of drug-likeness (QED) is 0.792. The molecule has 116 valence electrons. The number of rotatable bonds is 3. The lowest BCUT2D eigenvalue weighted by Crippen LogP contribution is -2.30. The summed E-state index contributed by atoms with van der Waals surface area (Å²) >= 11 is 7.50. The molecule has 23 heavy (non-hydrogen) atoms. The van der Waals surface area contributed by atoms with Crippen molar-refractivity contribution in [2.24, 2.45) is 0 Å². The summed E-state index contributed by atoms with van der Waals surface area (Å²) in [7, 11) is 0. The summed E-state index contributed by atoms with van der Waals surface area (Å²) < 4.78 is 1.16. The summed E-state index contributed by atoms with van der Waals surface area (Å²) in [6.45, 7) is 1.96. The first kappa shape index (κ1) is 15.6. The van der Waals surface area contributed by atoms with Crippen LogP contribution in [-0.2, 0) is 0 Å². The predicted octanol–water partition coefficient (Wildman–Crippen LogP) is 3.03. The Kier molecular flexibility index (Phi) is 4.36. The lowest BCUT2D eigenvalue weighted by Gasteiger charge is -2.09. The molecule has 3 rings (SSSR count). The van der Waals surface area contributed by atoms with E-state index >= 15 is 0 Å². The molecule has 0 amide bonds. The molecular weight excluding hydrogens is 334 g/mol. The van der Waals surface area contributed by atoms with Crippen LogP contribution in [-0.4, -0.2) is 14.8 Å². The second-order valence-electron chi connectivity index (χ2n) is 4.86. The van der Waals surface area contributed by atoms with Gasteiger partial charge in [-0.3, -0.25) is 9.78 Å². The van der Waals surface area contributed by atoms with Gasteiger partial charge in [-0.25, -0.2) is 4.79 Å². The number of H-pyrrole nitrogens is 1. The topological polar surface area (TPSA) is 67.8 Å². The van der Waals surface area contributed by atoms with Crippen molar-refractivity contribution in [1.82, 2.24) is 14.8 Å². The molecule has 0 aliphatic rings. The van der Waals surface area contributed by atoms with Crippen LogP contribution in [0.1, 0.15) is 5.56 Å². The van der Waals surface area contributed by atoms with Crippen molar-refractivity contribution in [2.45, 2.75) is 16.7 Å². The highest BCUT2D eigenvalue weighted by Crippen LogP contribution is 2.31. The number of nitrogens with zero attached hydrogens (tertiary/aromatic N) is 2. The molecule has 1 N–H and O–H groups in total. The second-order valence-corrected chi connectivity index (χ2v) is 6.41. The molecule has 0 atom stereocenters. The van der Waals surface area contributed by atoms with E-state index < -0.39 is 11.2 Å². The molecule has 5 nitrogen and oxygen atoms in total. The lowest BCUT2D eigenvalue weighted by atomic mass is 10.2. The van der Waals surface area contributed by atoms with Gasteiger partial charge in [-0.1, -0.05) is 23.4 Å². The standard InChI is InChI=1S/C16H12ClN3O2S/c1-10-8-12(20-16(22)19-15(21)9-18-20)4-7-14(10)23-13-5-2-11(17)3-6-13/h2-9H,1H3,(H,19,21,22). The zero-order valence-corrected chi connectivity index (χ0v) is 13.7. The van der Waals surface area contributed by atoms with Gasteiger partial charge in [0.05, 0.1) is 5.69 Å². The SMILES string of the molecule is Cc1cc(-n2ncc(=O)[nH]c2=O)ccc1Sc1ccc(Cl)cc1. The van der Waals surface area contributed by atoms with Gasteiger partial charge in [0.25, 0.3) is 5.56 Å². The van der Waals surface area contributed by atoms with Crippen molar-refractivity contribution in [3.63, 3.8) is 0 Å². The number of nitrogens with one attached hydrogen (secondary N) is 1. The Bertz CT molecular complexity index is 964. The van der Waals surface area contributed by atoms with Crippen molar-refractivity contribution < 1.29 is 0 Å². The van der Waals surface area contributed by atoms with E-state index in [2.05, 4.69) is 10.1 Å². The zero-order valence-electron chi connectivity index (χ0n) is 12.1. The first-order chi connectivity index (χ1) is 11.0. The van der Waals surface area contributed by atoms with Gasteiger partial charge < -0.3 is 0 Å². The van der Waals surface area contributed by atoms with Gasteiger partial charge >= 0.3 is 5.69 Å². The molecule has 3 aromatic rings. The van der Waals surface area contributed by atoms with Crippen molar-refractivity contribution in [3.8, 4) is 5.69 Å². The van der Waals surface area contributed by atoms with Crippen molar-refractivity contribution in [3.05, 3.63) is 80.1 Å². The van der Waals surface area contributed by atoms with Gasteiger partial charge in [0.15, 0.2) is 0 Å². The zero-order chi connectivity index (χ0) is 16.4. The number of hydrogen-bond acceptors (Lipinski definition) is 4. The van der Waals surface area contributed by atoms with Crippen LogP contribution < -0.4 is 11.2 Å². The summed E-state index contributed by atoms with van der Waals surface area (Å²) in [5.74, 6) is 0. The Labute approximate surface area is 140 Å². The molecule has 7 heteroatoms. The smallest absolute Gasteiger partial charge is 0.271 e. The number of benzene rings is 2. The molecule has 0 radical (unpaired) electrons. The fourth-order valence-electron chi connectivity index (χ4n) is 2.05. The first-order valence-corrected chi connectivity index (χ1v) is 7.95. The van der Waals surface area contributed by atoms with Crippen molar-refractivity contribution in [2.75, 3.05) is 0 Å². The molecule has 0 bridgehead atoms. The lowest BCUT2D eigenvalue weighted by molar-refractivity contribution is 0.748. The molecule has 0 saturated carbocycles. The van der Waals surface area contributed by atoms with Gasteiger partial charge in [-0.2, -0.15) is 9.78 Å². The molecule has 1 heterocycles. The maximum absolute atomic E-state index is 11.8. The third-order valence-corrected chi connectivity index (χ3v) is 4.60. The Balaban J connectivity index is 1.93. The monoisotopic (exact) mass is 345 g/mol. The molecule has 0 spiro atoms. The van der Waals surface area contributed by atoms with Crippen molar-refractivity contribution >= 4 is 23.4 Å². The summed E-state index contributed by atoms with van der Waals surface area (Å²) in [4.78, 5) is 27.2. The molecule has 0 aliphatic carbocycles. The molecule has 0 saturated heterocycles. The number of hydrogen-bond donors (Lipinski definition) is 1. The Morgan fingerprint density at radius 3 is 2.52 bits per heavy atom. The minimum atomic E-state index is -0.560. The maximum atomic E-state index is 11.8. The Morgan fingerprint density at radius 1 is 1.13 bits per heavy atom. The fraction of sp³-hybridized carbons (Fsp3) is 0.0625. The van der Waals surface area contributed by atoms with Crippen LogP contribution in [0, 0.1) is 6.92 Å². The van der Waals surface area contributed by atoms with Crippen LogP contribution >= 0.6 is 23.4 Å². The molecule has 2 aromatic carbocycles. The summed E-state index contributed by atoms with van der Waals surface area (Å²) in [6, 6.07) is 13.2. The fourth-order valence-corrected chi connectivity index (χ4v) is 3.05. The van der Waals surface area contributed by atoms with Crippen LogP contribution in [0.2, 0.25) is 5.02 Å².